The third-order valence-corrected chi connectivity index (χ3v) is 1.70. The largest absolute Gasteiger partial charge is 0.378 e. The van der Waals surface area contributed by atoms with Crippen LogP contribution >= 0.6 is 0 Å². The second kappa shape index (κ2) is 3.67. The molecule has 1 nitrogen and oxygen atoms in total. The van der Waals surface area contributed by atoms with Crippen LogP contribution in [0.25, 0.3) is 0 Å². The second-order valence-corrected chi connectivity index (χ2v) is 2.51. The molecule has 0 spiro atoms. The van der Waals surface area contributed by atoms with Crippen molar-refractivity contribution in [3.05, 3.63) is 12.7 Å². The summed E-state index contributed by atoms with van der Waals surface area (Å²) in [6.45, 7) is 4.63. The number of hydrogen-bond acceptors (Lipinski definition) is 1. The molecule has 0 bridgehead atoms. The molecular weight excluding hydrogens is 112 g/mol. The van der Waals surface area contributed by atoms with Crippen LogP contribution in [0.3, 0.4) is 0 Å². The summed E-state index contributed by atoms with van der Waals surface area (Å²) in [6.07, 6.45) is 7.25. The molecule has 0 N–H and O–H groups in total. The van der Waals surface area contributed by atoms with Crippen LogP contribution in [0.15, 0.2) is 12.7 Å². The summed E-state index contributed by atoms with van der Waals surface area (Å²) in [5, 5.41) is 0. The molecule has 0 amide bonds. The molecule has 1 aliphatic rings. The van der Waals surface area contributed by atoms with E-state index >= 15 is 0 Å². The van der Waals surface area contributed by atoms with Gasteiger partial charge in [0.05, 0.1) is 6.10 Å². The monoisotopic (exact) mass is 126 g/mol. The molecule has 0 aromatic rings. The summed E-state index contributed by atoms with van der Waals surface area (Å²) >= 11 is 0. The highest BCUT2D eigenvalue weighted by Gasteiger charge is 2.10. The Labute approximate surface area is 56.7 Å². The maximum absolute atomic E-state index is 5.45. The molecule has 0 aromatic carbocycles. The molecule has 0 aromatic heterocycles. The van der Waals surface area contributed by atoms with Gasteiger partial charge in [0.2, 0.25) is 0 Å². The van der Waals surface area contributed by atoms with Gasteiger partial charge in [0.25, 0.3) is 0 Å². The molecule has 9 heavy (non-hydrogen) atoms. The standard InChI is InChI=1S/C8H14O/c1-2-5-8-6-3-4-7-9-8/h2,8H,1,3-7H2/t8-/m1/s1. The summed E-state index contributed by atoms with van der Waals surface area (Å²) in [7, 11) is 0. The summed E-state index contributed by atoms with van der Waals surface area (Å²) in [4.78, 5) is 0. The minimum atomic E-state index is 0.483. The van der Waals surface area contributed by atoms with Crippen molar-refractivity contribution >= 4 is 0 Å². The van der Waals surface area contributed by atoms with E-state index in [4.69, 9.17) is 4.74 Å². The molecule has 52 valence electrons. The van der Waals surface area contributed by atoms with Crippen molar-refractivity contribution in [3.8, 4) is 0 Å². The quantitative estimate of drug-likeness (QED) is 0.515. The smallest absolute Gasteiger partial charge is 0.0609 e. The molecular formula is C8H14O. The summed E-state index contributed by atoms with van der Waals surface area (Å²) in [5.41, 5.74) is 0. The topological polar surface area (TPSA) is 9.23 Å². The SMILES string of the molecule is C=CC[C@@H]1CCCCO1. The van der Waals surface area contributed by atoms with Crippen LogP contribution < -0.4 is 0 Å². The van der Waals surface area contributed by atoms with Crippen molar-refractivity contribution in [1.29, 1.82) is 0 Å². The molecule has 1 saturated heterocycles. The highest BCUT2D eigenvalue weighted by Crippen LogP contribution is 2.15. The Kier molecular flexibility index (Phi) is 2.78. The van der Waals surface area contributed by atoms with Gasteiger partial charge in [-0.2, -0.15) is 0 Å². The fourth-order valence-corrected chi connectivity index (χ4v) is 1.18. The molecule has 1 fully saturated rings. The van der Waals surface area contributed by atoms with Crippen LogP contribution in [-0.2, 0) is 4.74 Å². The van der Waals surface area contributed by atoms with Crippen molar-refractivity contribution < 1.29 is 4.74 Å². The van der Waals surface area contributed by atoms with Gasteiger partial charge in [-0.1, -0.05) is 6.08 Å². The van der Waals surface area contributed by atoms with E-state index in [1.165, 1.54) is 19.3 Å². The number of ether oxygens (including phenoxy) is 1. The Balaban J connectivity index is 2.15. The first-order valence-electron chi connectivity index (χ1n) is 3.66. The van der Waals surface area contributed by atoms with E-state index in [0.29, 0.717) is 6.10 Å². The zero-order chi connectivity index (χ0) is 6.53. The van der Waals surface area contributed by atoms with Crippen LogP contribution in [0.4, 0.5) is 0 Å². The zero-order valence-electron chi connectivity index (χ0n) is 5.81. The van der Waals surface area contributed by atoms with Gasteiger partial charge in [-0.15, -0.1) is 6.58 Å². The van der Waals surface area contributed by atoms with Gasteiger partial charge in [0, 0.05) is 6.61 Å². The second-order valence-electron chi connectivity index (χ2n) is 2.51. The fourth-order valence-electron chi connectivity index (χ4n) is 1.18. The first kappa shape index (κ1) is 6.81. The molecule has 1 aliphatic heterocycles. The minimum absolute atomic E-state index is 0.483. The van der Waals surface area contributed by atoms with Crippen LogP contribution in [0.2, 0.25) is 0 Å². The molecule has 0 aliphatic carbocycles. The van der Waals surface area contributed by atoms with Gasteiger partial charge in [-0.3, -0.25) is 0 Å². The third-order valence-electron chi connectivity index (χ3n) is 1.70. The number of rotatable bonds is 2. The Bertz CT molecular complexity index is 82.6. The lowest BCUT2D eigenvalue weighted by Crippen LogP contribution is -2.17. The molecule has 1 atom stereocenters. The van der Waals surface area contributed by atoms with Crippen LogP contribution in [0, 0.1) is 0 Å². The molecule has 1 heterocycles. The van der Waals surface area contributed by atoms with Crippen LogP contribution in [-0.4, -0.2) is 12.7 Å². The Morgan fingerprint density at radius 3 is 3.00 bits per heavy atom. The van der Waals surface area contributed by atoms with Gasteiger partial charge in [0.1, 0.15) is 0 Å². The average molecular weight is 126 g/mol. The number of hydrogen-bond donors (Lipinski definition) is 0. The van der Waals surface area contributed by atoms with Crippen molar-refractivity contribution in [2.45, 2.75) is 31.8 Å². The van der Waals surface area contributed by atoms with Crippen molar-refractivity contribution in [1.82, 2.24) is 0 Å². The van der Waals surface area contributed by atoms with Gasteiger partial charge in [-0.05, 0) is 25.7 Å². The average Bonchev–Trinajstić information content (AvgIpc) is 1.91. The highest BCUT2D eigenvalue weighted by atomic mass is 16.5. The Morgan fingerprint density at radius 2 is 2.44 bits per heavy atom. The summed E-state index contributed by atoms with van der Waals surface area (Å²) in [5.74, 6) is 0. The Morgan fingerprint density at radius 1 is 1.56 bits per heavy atom. The van der Waals surface area contributed by atoms with E-state index in [-0.39, 0.29) is 0 Å². The summed E-state index contributed by atoms with van der Waals surface area (Å²) in [6, 6.07) is 0. The van der Waals surface area contributed by atoms with Gasteiger partial charge >= 0.3 is 0 Å². The van der Waals surface area contributed by atoms with Crippen molar-refractivity contribution in [3.63, 3.8) is 0 Å². The normalized spacial score (nSPS) is 27.8. The maximum atomic E-state index is 5.45. The zero-order valence-corrected chi connectivity index (χ0v) is 5.81. The van der Waals surface area contributed by atoms with E-state index in [1.807, 2.05) is 6.08 Å². The van der Waals surface area contributed by atoms with E-state index < -0.39 is 0 Å². The lowest BCUT2D eigenvalue weighted by molar-refractivity contribution is 0.0185. The maximum Gasteiger partial charge on any atom is 0.0609 e. The molecule has 1 heteroatoms. The molecule has 0 saturated carbocycles. The lowest BCUT2D eigenvalue weighted by atomic mass is 10.1. The molecule has 1 rings (SSSR count). The predicted octanol–water partition coefficient (Wildman–Crippen LogP) is 2.13. The Hall–Kier alpha value is -0.300. The van der Waals surface area contributed by atoms with Crippen LogP contribution in [0.5, 0.6) is 0 Å². The van der Waals surface area contributed by atoms with E-state index in [9.17, 15) is 0 Å². The van der Waals surface area contributed by atoms with Crippen molar-refractivity contribution in [2.24, 2.45) is 0 Å². The van der Waals surface area contributed by atoms with Gasteiger partial charge in [0.15, 0.2) is 0 Å². The van der Waals surface area contributed by atoms with Gasteiger partial charge in [-0.25, -0.2) is 0 Å². The molecule has 0 radical (unpaired) electrons. The predicted molar refractivity (Wildman–Crippen MR) is 38.4 cm³/mol. The van der Waals surface area contributed by atoms with Crippen molar-refractivity contribution in [2.75, 3.05) is 6.61 Å². The fraction of sp³-hybridized carbons (Fsp3) is 0.750. The van der Waals surface area contributed by atoms with Crippen LogP contribution in [0.1, 0.15) is 25.7 Å². The third kappa shape index (κ3) is 2.19. The van der Waals surface area contributed by atoms with E-state index in [2.05, 4.69) is 6.58 Å². The summed E-state index contributed by atoms with van der Waals surface area (Å²) < 4.78 is 5.45. The minimum Gasteiger partial charge on any atom is -0.378 e. The first-order valence-corrected chi connectivity index (χ1v) is 3.66. The first-order chi connectivity index (χ1) is 4.43. The van der Waals surface area contributed by atoms with Gasteiger partial charge < -0.3 is 4.74 Å². The van der Waals surface area contributed by atoms with E-state index in [1.54, 1.807) is 0 Å². The highest BCUT2D eigenvalue weighted by molar-refractivity contribution is 4.75. The molecule has 0 unspecified atom stereocenters. The van der Waals surface area contributed by atoms with E-state index in [0.717, 1.165) is 13.0 Å². The lowest BCUT2D eigenvalue weighted by Gasteiger charge is -2.20.